The van der Waals surface area contributed by atoms with Crippen LogP contribution in [0.5, 0.6) is 0 Å². The fraction of sp³-hybridized carbons (Fsp3) is 0.444. The van der Waals surface area contributed by atoms with Crippen LogP contribution in [0.2, 0.25) is 0 Å². The van der Waals surface area contributed by atoms with Gasteiger partial charge in [-0.05, 0) is 23.4 Å². The second-order valence-corrected chi connectivity index (χ2v) is 8.02. The van der Waals surface area contributed by atoms with Gasteiger partial charge in [-0.25, -0.2) is 4.98 Å². The number of rotatable bonds is 6. The van der Waals surface area contributed by atoms with E-state index in [0.29, 0.717) is 19.3 Å². The molecule has 2 aromatic rings. The van der Waals surface area contributed by atoms with Crippen molar-refractivity contribution in [1.82, 2.24) is 9.88 Å². The molecule has 1 atom stereocenters. The molecule has 0 radical (unpaired) electrons. The van der Waals surface area contributed by atoms with Crippen LogP contribution in [0.25, 0.3) is 0 Å². The number of nitrogens with zero attached hydrogens (tertiary/aromatic N) is 4. The lowest BCUT2D eigenvalue weighted by molar-refractivity contribution is -0.133. The number of thiophene rings is 1. The van der Waals surface area contributed by atoms with Gasteiger partial charge in [0.2, 0.25) is 5.91 Å². The van der Waals surface area contributed by atoms with Crippen molar-refractivity contribution in [3.05, 3.63) is 38.5 Å². The van der Waals surface area contributed by atoms with Crippen LogP contribution in [0, 0.1) is 12.3 Å². The Labute approximate surface area is 154 Å². The molecule has 4 rings (SSSR count). The second kappa shape index (κ2) is 6.70. The van der Waals surface area contributed by atoms with Crippen molar-refractivity contribution >= 4 is 28.6 Å². The molecular weight excluding hydrogens is 352 g/mol. The van der Waals surface area contributed by atoms with Crippen molar-refractivity contribution in [2.24, 2.45) is 10.2 Å². The van der Waals surface area contributed by atoms with E-state index >= 15 is 0 Å². The van der Waals surface area contributed by atoms with Gasteiger partial charge < -0.3 is 4.90 Å². The normalized spacial score (nSPS) is 20.1. The third-order valence-corrected chi connectivity index (χ3v) is 6.42. The van der Waals surface area contributed by atoms with E-state index in [-0.39, 0.29) is 11.9 Å². The molecule has 0 fully saturated rings. The highest BCUT2D eigenvalue weighted by Crippen LogP contribution is 2.41. The van der Waals surface area contributed by atoms with Crippen molar-refractivity contribution in [2.45, 2.75) is 43.8 Å². The lowest BCUT2D eigenvalue weighted by atomic mass is 9.97. The van der Waals surface area contributed by atoms with Crippen LogP contribution >= 0.6 is 22.7 Å². The number of hydrogen-bond acceptors (Lipinski definition) is 6. The molecule has 128 valence electrons. The van der Waals surface area contributed by atoms with Crippen LogP contribution in [0.4, 0.5) is 0 Å². The Balaban J connectivity index is 1.49. The van der Waals surface area contributed by atoms with Crippen LogP contribution in [-0.2, 0) is 11.2 Å². The van der Waals surface area contributed by atoms with E-state index in [1.165, 1.54) is 10.4 Å². The lowest BCUT2D eigenvalue weighted by Crippen LogP contribution is -2.40. The Morgan fingerprint density at radius 1 is 1.44 bits per heavy atom. The minimum atomic E-state index is -0.401. The molecule has 2 aromatic heterocycles. The number of hydrogen-bond donors (Lipinski definition) is 0. The van der Waals surface area contributed by atoms with Gasteiger partial charge in [0, 0.05) is 42.5 Å². The predicted octanol–water partition coefficient (Wildman–Crippen LogP) is 4.03. The Hall–Kier alpha value is -2.04. The van der Waals surface area contributed by atoms with E-state index in [0.717, 1.165) is 25.1 Å². The summed E-state index contributed by atoms with van der Waals surface area (Å²) in [6.07, 6.45) is 8.70. The molecule has 0 saturated heterocycles. The molecule has 1 amide bonds. The Bertz CT molecular complexity index is 828. The Morgan fingerprint density at radius 2 is 2.32 bits per heavy atom. The average Bonchev–Trinajstić information content (AvgIpc) is 3.04. The zero-order valence-electron chi connectivity index (χ0n) is 13.7. The third-order valence-electron chi connectivity index (χ3n) is 4.81. The number of thiazole rings is 1. The van der Waals surface area contributed by atoms with Crippen LogP contribution < -0.4 is 0 Å². The van der Waals surface area contributed by atoms with Crippen LogP contribution in [0.15, 0.2) is 32.6 Å². The van der Waals surface area contributed by atoms with E-state index in [2.05, 4.69) is 32.6 Å². The van der Waals surface area contributed by atoms with Crippen LogP contribution in [0.1, 0.15) is 47.9 Å². The van der Waals surface area contributed by atoms with Crippen LogP contribution in [0.3, 0.4) is 0 Å². The van der Waals surface area contributed by atoms with Crippen molar-refractivity contribution in [2.75, 3.05) is 6.54 Å². The van der Waals surface area contributed by atoms with Crippen molar-refractivity contribution in [1.29, 1.82) is 0 Å². The fourth-order valence-electron chi connectivity index (χ4n) is 3.34. The summed E-state index contributed by atoms with van der Waals surface area (Å²) >= 11 is 3.28. The number of carbonyl (C=O) groups is 1. The molecule has 2 aliphatic heterocycles. The Kier molecular flexibility index (Phi) is 4.40. The van der Waals surface area contributed by atoms with Gasteiger partial charge >= 0.3 is 0 Å². The molecule has 25 heavy (non-hydrogen) atoms. The van der Waals surface area contributed by atoms with Crippen LogP contribution in [-0.4, -0.2) is 28.0 Å². The van der Waals surface area contributed by atoms with E-state index in [4.69, 9.17) is 6.42 Å². The highest BCUT2D eigenvalue weighted by molar-refractivity contribution is 7.10. The summed E-state index contributed by atoms with van der Waals surface area (Å²) in [7, 11) is 0. The summed E-state index contributed by atoms with van der Waals surface area (Å²) in [5.41, 5.74) is 3.73. The summed E-state index contributed by atoms with van der Waals surface area (Å²) in [4.78, 5) is 20.7. The number of aromatic nitrogens is 1. The first-order chi connectivity index (χ1) is 12.2. The maximum absolute atomic E-state index is 13.0. The van der Waals surface area contributed by atoms with Gasteiger partial charge in [0.15, 0.2) is 5.66 Å². The number of terminal acetylenes is 1. The van der Waals surface area contributed by atoms with Crippen molar-refractivity contribution < 1.29 is 4.79 Å². The van der Waals surface area contributed by atoms with Gasteiger partial charge in [-0.3, -0.25) is 4.79 Å². The molecule has 4 heterocycles. The quantitative estimate of drug-likeness (QED) is 0.721. The SMILES string of the molecule is C#CCCC1(CCC(=O)N2CCc3ccsc3C2c2cscn2)N=N1. The van der Waals surface area contributed by atoms with Gasteiger partial charge in [0.1, 0.15) is 6.04 Å². The second-order valence-electron chi connectivity index (χ2n) is 6.35. The molecule has 0 spiro atoms. The minimum absolute atomic E-state index is 0.0581. The van der Waals surface area contributed by atoms with E-state index in [1.54, 1.807) is 22.7 Å². The largest absolute Gasteiger partial charge is 0.329 e. The molecular formula is C18H18N4OS2. The highest BCUT2D eigenvalue weighted by atomic mass is 32.1. The van der Waals surface area contributed by atoms with Crippen molar-refractivity contribution in [3.8, 4) is 12.3 Å². The first-order valence-corrected chi connectivity index (χ1v) is 10.2. The standard InChI is InChI=1S/C18H18N4OS2/c1-2-3-7-18(20-21-18)8-4-15(23)22-9-5-13-6-10-25-17(13)16(22)14-11-24-12-19-14/h1,6,10-12,16H,3-5,7-9H2. The highest BCUT2D eigenvalue weighted by Gasteiger charge is 2.41. The molecule has 5 nitrogen and oxygen atoms in total. The molecule has 0 saturated carbocycles. The van der Waals surface area contributed by atoms with Gasteiger partial charge in [0.05, 0.1) is 11.2 Å². The summed E-state index contributed by atoms with van der Waals surface area (Å²) in [6, 6.07) is 2.11. The smallest absolute Gasteiger partial charge is 0.223 e. The number of fused-ring (bicyclic) bond motifs is 1. The summed E-state index contributed by atoms with van der Waals surface area (Å²) in [6.45, 7) is 0.733. The van der Waals surface area contributed by atoms with Gasteiger partial charge in [-0.15, -0.1) is 35.0 Å². The molecule has 1 unspecified atom stereocenters. The van der Waals surface area contributed by atoms with Gasteiger partial charge in [-0.2, -0.15) is 10.2 Å². The number of carbonyl (C=O) groups excluding carboxylic acids is 1. The zero-order valence-corrected chi connectivity index (χ0v) is 15.4. The first-order valence-electron chi connectivity index (χ1n) is 8.34. The molecule has 7 heteroatoms. The summed E-state index contributed by atoms with van der Waals surface area (Å²) in [5.74, 6) is 2.78. The van der Waals surface area contributed by atoms with E-state index < -0.39 is 5.66 Å². The summed E-state index contributed by atoms with van der Waals surface area (Å²) < 4.78 is 0. The van der Waals surface area contributed by atoms with Gasteiger partial charge in [-0.1, -0.05) is 0 Å². The average molecular weight is 371 g/mol. The minimum Gasteiger partial charge on any atom is -0.329 e. The predicted molar refractivity (Wildman–Crippen MR) is 98.6 cm³/mol. The summed E-state index contributed by atoms with van der Waals surface area (Å²) in [5, 5.41) is 12.4. The molecule has 0 aromatic carbocycles. The molecule has 0 N–H and O–H groups in total. The Morgan fingerprint density at radius 3 is 3.04 bits per heavy atom. The molecule has 0 bridgehead atoms. The lowest BCUT2D eigenvalue weighted by Gasteiger charge is -2.35. The van der Waals surface area contributed by atoms with E-state index in [1.807, 2.05) is 15.8 Å². The third kappa shape index (κ3) is 3.24. The van der Waals surface area contributed by atoms with E-state index in [9.17, 15) is 4.79 Å². The maximum Gasteiger partial charge on any atom is 0.223 e. The molecule has 0 aliphatic carbocycles. The maximum atomic E-state index is 13.0. The first kappa shape index (κ1) is 16.4. The van der Waals surface area contributed by atoms with Gasteiger partial charge in [0.25, 0.3) is 0 Å². The number of amides is 1. The topological polar surface area (TPSA) is 57.9 Å². The zero-order chi connectivity index (χ0) is 17.3. The fourth-order valence-corrected chi connectivity index (χ4v) is 4.99. The van der Waals surface area contributed by atoms with Crippen molar-refractivity contribution in [3.63, 3.8) is 0 Å². The molecule has 2 aliphatic rings. The monoisotopic (exact) mass is 370 g/mol.